The molecule has 1 fully saturated rings. The molecular formula is C19H21N5O2. The zero-order valence-electron chi connectivity index (χ0n) is 14.7. The van der Waals surface area contributed by atoms with E-state index in [2.05, 4.69) is 45.5 Å². The van der Waals surface area contributed by atoms with E-state index in [1.807, 2.05) is 6.07 Å². The zero-order chi connectivity index (χ0) is 17.5. The van der Waals surface area contributed by atoms with Crippen LogP contribution in [0.3, 0.4) is 0 Å². The Morgan fingerprint density at radius 1 is 1.19 bits per heavy atom. The number of aromatic nitrogens is 4. The smallest absolute Gasteiger partial charge is 0.254 e. The standard InChI is InChI=1S/C19H21N5O2/c1-2-14-10-17(24-19(22-14)20-11-21-24)23-18(12-3-4-12)13-5-6-15-16(9-13)26-8-7-25-15/h5-6,9-12,18,23H,2-4,7-8H2,1H3. The summed E-state index contributed by atoms with van der Waals surface area (Å²) in [6.45, 7) is 3.30. The van der Waals surface area contributed by atoms with E-state index in [0.29, 0.717) is 24.9 Å². The molecule has 0 radical (unpaired) electrons. The Morgan fingerprint density at radius 3 is 2.85 bits per heavy atom. The van der Waals surface area contributed by atoms with Crippen LogP contribution in [0.5, 0.6) is 11.5 Å². The first-order valence-corrected chi connectivity index (χ1v) is 9.17. The largest absolute Gasteiger partial charge is 0.486 e. The molecule has 0 bridgehead atoms. The summed E-state index contributed by atoms with van der Waals surface area (Å²) in [4.78, 5) is 8.78. The van der Waals surface area contributed by atoms with Crippen molar-refractivity contribution < 1.29 is 9.47 Å². The van der Waals surface area contributed by atoms with Crippen molar-refractivity contribution >= 4 is 11.6 Å². The normalized spacial score (nSPS) is 17.3. The van der Waals surface area contributed by atoms with Crippen molar-refractivity contribution in [2.24, 2.45) is 5.92 Å². The molecule has 2 aliphatic rings. The summed E-state index contributed by atoms with van der Waals surface area (Å²) >= 11 is 0. The van der Waals surface area contributed by atoms with Gasteiger partial charge in [0.05, 0.1) is 6.04 Å². The molecule has 0 spiro atoms. The van der Waals surface area contributed by atoms with Crippen LogP contribution in [-0.4, -0.2) is 32.8 Å². The lowest BCUT2D eigenvalue weighted by Gasteiger charge is -2.24. The molecule has 1 aliphatic heterocycles. The summed E-state index contributed by atoms with van der Waals surface area (Å²) in [6, 6.07) is 8.50. The van der Waals surface area contributed by atoms with Crippen LogP contribution in [0.15, 0.2) is 30.6 Å². The van der Waals surface area contributed by atoms with Crippen LogP contribution in [0.25, 0.3) is 5.78 Å². The molecule has 2 aromatic heterocycles. The van der Waals surface area contributed by atoms with E-state index in [1.165, 1.54) is 18.4 Å². The summed E-state index contributed by atoms with van der Waals surface area (Å²) < 4.78 is 13.2. The van der Waals surface area contributed by atoms with E-state index in [1.54, 1.807) is 10.8 Å². The molecule has 5 rings (SSSR count). The number of nitrogens with zero attached hydrogens (tertiary/aromatic N) is 4. The molecule has 7 nitrogen and oxygen atoms in total. The molecule has 1 atom stereocenters. The van der Waals surface area contributed by atoms with Gasteiger partial charge in [-0.3, -0.25) is 0 Å². The maximum atomic E-state index is 5.77. The fraction of sp³-hybridized carbons (Fsp3) is 0.421. The highest BCUT2D eigenvalue weighted by molar-refractivity contribution is 5.50. The van der Waals surface area contributed by atoms with Crippen molar-refractivity contribution in [1.82, 2.24) is 19.6 Å². The van der Waals surface area contributed by atoms with Gasteiger partial charge >= 0.3 is 0 Å². The predicted octanol–water partition coefficient (Wildman–Crippen LogP) is 3.02. The van der Waals surface area contributed by atoms with E-state index in [9.17, 15) is 0 Å². The Kier molecular flexibility index (Phi) is 3.65. The highest BCUT2D eigenvalue weighted by atomic mass is 16.6. The third-order valence-corrected chi connectivity index (χ3v) is 4.99. The minimum Gasteiger partial charge on any atom is -0.486 e. The summed E-state index contributed by atoms with van der Waals surface area (Å²) in [5, 5.41) is 8.02. The van der Waals surface area contributed by atoms with Crippen LogP contribution in [-0.2, 0) is 6.42 Å². The lowest BCUT2D eigenvalue weighted by atomic mass is 10.0. The Bertz CT molecular complexity index is 950. The van der Waals surface area contributed by atoms with Crippen LogP contribution in [0.4, 0.5) is 5.82 Å². The van der Waals surface area contributed by atoms with Crippen LogP contribution in [0, 0.1) is 5.92 Å². The van der Waals surface area contributed by atoms with Crippen LogP contribution in [0.1, 0.15) is 37.1 Å². The van der Waals surface area contributed by atoms with Crippen molar-refractivity contribution in [3.63, 3.8) is 0 Å². The number of anilines is 1. The van der Waals surface area contributed by atoms with Crippen molar-refractivity contribution in [2.45, 2.75) is 32.2 Å². The van der Waals surface area contributed by atoms with Gasteiger partial charge in [-0.15, -0.1) is 0 Å². The summed E-state index contributed by atoms with van der Waals surface area (Å²) in [6.07, 6.45) is 4.84. The number of benzene rings is 1. The van der Waals surface area contributed by atoms with E-state index < -0.39 is 0 Å². The Hall–Kier alpha value is -2.83. The molecule has 134 valence electrons. The molecule has 3 heterocycles. The predicted molar refractivity (Wildman–Crippen MR) is 96.7 cm³/mol. The minimum atomic E-state index is 0.199. The molecule has 1 saturated carbocycles. The summed E-state index contributed by atoms with van der Waals surface area (Å²) in [5.74, 6) is 3.82. The van der Waals surface area contributed by atoms with Gasteiger partial charge in [0.25, 0.3) is 5.78 Å². The average Bonchev–Trinajstić information content (AvgIpc) is 3.41. The molecule has 7 heteroatoms. The highest BCUT2D eigenvalue weighted by Crippen LogP contribution is 2.44. The van der Waals surface area contributed by atoms with E-state index in [4.69, 9.17) is 9.47 Å². The molecule has 1 aliphatic carbocycles. The third kappa shape index (κ3) is 2.73. The van der Waals surface area contributed by atoms with Crippen molar-refractivity contribution in [2.75, 3.05) is 18.5 Å². The van der Waals surface area contributed by atoms with Gasteiger partial charge in [0.15, 0.2) is 11.5 Å². The molecule has 1 aromatic carbocycles. The average molecular weight is 351 g/mol. The van der Waals surface area contributed by atoms with Crippen LogP contribution < -0.4 is 14.8 Å². The van der Waals surface area contributed by atoms with E-state index >= 15 is 0 Å². The SMILES string of the molecule is CCc1cc(NC(c2ccc3c(c2)OCCO3)C2CC2)n2ncnc2n1. The van der Waals surface area contributed by atoms with Gasteiger partial charge in [-0.05, 0) is 42.9 Å². The van der Waals surface area contributed by atoms with E-state index in [0.717, 1.165) is 29.4 Å². The maximum Gasteiger partial charge on any atom is 0.254 e. The van der Waals surface area contributed by atoms with Crippen molar-refractivity contribution in [3.05, 3.63) is 41.9 Å². The Morgan fingerprint density at radius 2 is 2.04 bits per heavy atom. The third-order valence-electron chi connectivity index (χ3n) is 4.99. The number of fused-ring (bicyclic) bond motifs is 2. The molecule has 1 N–H and O–H groups in total. The Labute approximate surface area is 151 Å². The second-order valence-corrected chi connectivity index (χ2v) is 6.82. The van der Waals surface area contributed by atoms with Gasteiger partial charge < -0.3 is 14.8 Å². The zero-order valence-corrected chi connectivity index (χ0v) is 14.7. The lowest BCUT2D eigenvalue weighted by Crippen LogP contribution is -2.18. The van der Waals surface area contributed by atoms with Gasteiger partial charge in [0.1, 0.15) is 25.4 Å². The van der Waals surface area contributed by atoms with Crippen molar-refractivity contribution in [3.8, 4) is 11.5 Å². The molecule has 26 heavy (non-hydrogen) atoms. The monoisotopic (exact) mass is 351 g/mol. The van der Waals surface area contributed by atoms with Gasteiger partial charge in [0, 0.05) is 11.8 Å². The number of ether oxygens (including phenoxy) is 2. The fourth-order valence-electron chi connectivity index (χ4n) is 3.46. The number of hydrogen-bond donors (Lipinski definition) is 1. The van der Waals surface area contributed by atoms with Gasteiger partial charge in [-0.1, -0.05) is 13.0 Å². The minimum absolute atomic E-state index is 0.199. The first-order valence-electron chi connectivity index (χ1n) is 9.17. The second kappa shape index (κ2) is 6.16. The highest BCUT2D eigenvalue weighted by Gasteiger charge is 2.33. The molecule has 0 saturated heterocycles. The number of hydrogen-bond acceptors (Lipinski definition) is 6. The van der Waals surface area contributed by atoms with Gasteiger partial charge in [-0.25, -0.2) is 4.98 Å². The number of aryl methyl sites for hydroxylation is 1. The quantitative estimate of drug-likeness (QED) is 0.762. The van der Waals surface area contributed by atoms with Crippen molar-refractivity contribution in [1.29, 1.82) is 0 Å². The first kappa shape index (κ1) is 15.4. The molecule has 0 amide bonds. The van der Waals surface area contributed by atoms with Gasteiger partial charge in [-0.2, -0.15) is 14.6 Å². The second-order valence-electron chi connectivity index (χ2n) is 6.82. The van der Waals surface area contributed by atoms with E-state index in [-0.39, 0.29) is 6.04 Å². The number of nitrogens with one attached hydrogen (secondary N) is 1. The molecule has 1 unspecified atom stereocenters. The first-order chi connectivity index (χ1) is 12.8. The summed E-state index contributed by atoms with van der Waals surface area (Å²) in [7, 11) is 0. The molecular weight excluding hydrogens is 330 g/mol. The lowest BCUT2D eigenvalue weighted by molar-refractivity contribution is 0.171. The summed E-state index contributed by atoms with van der Waals surface area (Å²) in [5.41, 5.74) is 2.21. The Balaban J connectivity index is 1.52. The van der Waals surface area contributed by atoms with Crippen LogP contribution >= 0.6 is 0 Å². The molecule has 3 aromatic rings. The number of rotatable bonds is 5. The fourth-order valence-corrected chi connectivity index (χ4v) is 3.46. The van der Waals surface area contributed by atoms with Crippen LogP contribution in [0.2, 0.25) is 0 Å². The van der Waals surface area contributed by atoms with Gasteiger partial charge in [0.2, 0.25) is 0 Å². The maximum absolute atomic E-state index is 5.77. The topological polar surface area (TPSA) is 73.6 Å².